The summed E-state index contributed by atoms with van der Waals surface area (Å²) in [6.07, 6.45) is 0. The van der Waals surface area contributed by atoms with Crippen LogP contribution in [0.1, 0.15) is 12.5 Å². The molecule has 108 valence electrons. The summed E-state index contributed by atoms with van der Waals surface area (Å²) < 4.78 is 30.1. The van der Waals surface area contributed by atoms with Crippen LogP contribution in [0.5, 0.6) is 0 Å². The molecule has 0 amide bonds. The molecule has 0 fully saturated rings. The summed E-state index contributed by atoms with van der Waals surface area (Å²) in [4.78, 5) is 12.4. The minimum Gasteiger partial charge on any atom is -0.292 e. The second-order valence-corrected chi connectivity index (χ2v) is 4.84. The van der Waals surface area contributed by atoms with Crippen molar-refractivity contribution in [3.05, 3.63) is 70.1 Å². The van der Waals surface area contributed by atoms with Crippen molar-refractivity contribution < 1.29 is 8.78 Å². The van der Waals surface area contributed by atoms with Gasteiger partial charge in [0.25, 0.3) is 0 Å². The minimum atomic E-state index is -0.517. The molecule has 0 aliphatic rings. The van der Waals surface area contributed by atoms with Crippen LogP contribution in [0.15, 0.2) is 47.3 Å². The molecule has 0 saturated heterocycles. The SMILES string of the molecule is CCn1c(=O)n(Cc2cc(F)ccc2F)c2ccccc21. The van der Waals surface area contributed by atoms with Crippen molar-refractivity contribution in [2.24, 2.45) is 0 Å². The van der Waals surface area contributed by atoms with E-state index in [4.69, 9.17) is 0 Å². The Bertz CT molecular complexity index is 864. The highest BCUT2D eigenvalue weighted by Gasteiger charge is 2.13. The molecule has 0 bridgehead atoms. The number of hydrogen-bond donors (Lipinski definition) is 0. The molecule has 0 aliphatic carbocycles. The fourth-order valence-electron chi connectivity index (χ4n) is 2.57. The van der Waals surface area contributed by atoms with Crippen molar-refractivity contribution >= 4 is 11.0 Å². The summed E-state index contributed by atoms with van der Waals surface area (Å²) >= 11 is 0. The second kappa shape index (κ2) is 5.16. The van der Waals surface area contributed by atoms with Crippen molar-refractivity contribution in [3.63, 3.8) is 0 Å². The zero-order valence-corrected chi connectivity index (χ0v) is 11.5. The maximum Gasteiger partial charge on any atom is 0.329 e. The first kappa shape index (κ1) is 13.5. The largest absolute Gasteiger partial charge is 0.329 e. The highest BCUT2D eigenvalue weighted by Crippen LogP contribution is 2.16. The van der Waals surface area contributed by atoms with Gasteiger partial charge in [-0.25, -0.2) is 13.6 Å². The molecule has 0 N–H and O–H groups in total. The van der Waals surface area contributed by atoms with E-state index in [9.17, 15) is 13.6 Å². The van der Waals surface area contributed by atoms with Crippen LogP contribution in [0.25, 0.3) is 11.0 Å². The summed E-state index contributed by atoms with van der Waals surface area (Å²) in [5, 5.41) is 0. The van der Waals surface area contributed by atoms with Crippen LogP contribution in [0.4, 0.5) is 8.78 Å². The molecule has 21 heavy (non-hydrogen) atoms. The number of para-hydroxylation sites is 2. The Balaban J connectivity index is 2.19. The lowest BCUT2D eigenvalue weighted by atomic mass is 10.2. The van der Waals surface area contributed by atoms with Crippen LogP contribution < -0.4 is 5.69 Å². The number of nitrogens with zero attached hydrogens (tertiary/aromatic N) is 2. The number of imidazole rings is 1. The summed E-state index contributed by atoms with van der Waals surface area (Å²) in [7, 11) is 0. The Labute approximate surface area is 120 Å². The highest BCUT2D eigenvalue weighted by atomic mass is 19.1. The van der Waals surface area contributed by atoms with Gasteiger partial charge in [-0.15, -0.1) is 0 Å². The quantitative estimate of drug-likeness (QED) is 0.727. The standard InChI is InChI=1S/C16H14F2N2O/c1-2-19-14-5-3-4-6-15(14)20(16(19)21)10-11-9-12(17)7-8-13(11)18/h3-9H,2,10H2,1H3. The van der Waals surface area contributed by atoms with E-state index in [1.54, 1.807) is 10.6 Å². The normalized spacial score (nSPS) is 11.2. The van der Waals surface area contributed by atoms with Gasteiger partial charge in [-0.05, 0) is 37.3 Å². The van der Waals surface area contributed by atoms with Crippen molar-refractivity contribution in [2.45, 2.75) is 20.0 Å². The van der Waals surface area contributed by atoms with Crippen molar-refractivity contribution in [3.8, 4) is 0 Å². The monoisotopic (exact) mass is 288 g/mol. The maximum absolute atomic E-state index is 13.8. The van der Waals surface area contributed by atoms with Crippen LogP contribution in [0, 0.1) is 11.6 Å². The number of benzene rings is 2. The Kier molecular flexibility index (Phi) is 3.33. The molecule has 1 aromatic heterocycles. The lowest BCUT2D eigenvalue weighted by Gasteiger charge is -2.05. The van der Waals surface area contributed by atoms with Gasteiger partial charge in [0.15, 0.2) is 0 Å². The number of rotatable bonds is 3. The third-order valence-corrected chi connectivity index (χ3v) is 3.58. The Morgan fingerprint density at radius 1 is 1.00 bits per heavy atom. The first-order chi connectivity index (χ1) is 10.1. The molecule has 3 rings (SSSR count). The van der Waals surface area contributed by atoms with Crippen molar-refractivity contribution in [1.29, 1.82) is 0 Å². The van der Waals surface area contributed by atoms with Gasteiger partial charge in [0.1, 0.15) is 11.6 Å². The van der Waals surface area contributed by atoms with Crippen molar-refractivity contribution in [2.75, 3.05) is 0 Å². The van der Waals surface area contributed by atoms with Crippen LogP contribution >= 0.6 is 0 Å². The summed E-state index contributed by atoms with van der Waals surface area (Å²) in [5.41, 5.74) is 1.45. The van der Waals surface area contributed by atoms with E-state index in [-0.39, 0.29) is 17.8 Å². The Morgan fingerprint density at radius 3 is 2.33 bits per heavy atom. The van der Waals surface area contributed by atoms with Gasteiger partial charge >= 0.3 is 5.69 Å². The molecule has 0 saturated carbocycles. The van der Waals surface area contributed by atoms with E-state index in [2.05, 4.69) is 0 Å². The summed E-state index contributed by atoms with van der Waals surface area (Å²) in [5.74, 6) is -1.03. The first-order valence-electron chi connectivity index (χ1n) is 6.74. The number of halogens is 2. The topological polar surface area (TPSA) is 26.9 Å². The van der Waals surface area contributed by atoms with Gasteiger partial charge in [0.2, 0.25) is 0 Å². The molecular weight excluding hydrogens is 274 g/mol. The smallest absolute Gasteiger partial charge is 0.292 e. The molecule has 2 aromatic carbocycles. The van der Waals surface area contributed by atoms with E-state index in [1.165, 1.54) is 4.57 Å². The number of hydrogen-bond acceptors (Lipinski definition) is 1. The predicted molar refractivity (Wildman–Crippen MR) is 77.3 cm³/mol. The van der Waals surface area contributed by atoms with Gasteiger partial charge in [-0.2, -0.15) is 0 Å². The Morgan fingerprint density at radius 2 is 1.67 bits per heavy atom. The molecule has 0 unspecified atom stereocenters. The number of aryl methyl sites for hydroxylation is 1. The van der Waals surface area contributed by atoms with E-state index in [1.807, 2.05) is 25.1 Å². The fraction of sp³-hybridized carbons (Fsp3) is 0.188. The van der Waals surface area contributed by atoms with Gasteiger partial charge in [-0.3, -0.25) is 9.13 Å². The van der Waals surface area contributed by atoms with E-state index in [0.717, 1.165) is 23.7 Å². The average molecular weight is 288 g/mol. The molecule has 1 heterocycles. The van der Waals surface area contributed by atoms with Crippen molar-refractivity contribution in [1.82, 2.24) is 9.13 Å². The number of aromatic nitrogens is 2. The molecule has 0 radical (unpaired) electrons. The third-order valence-electron chi connectivity index (χ3n) is 3.58. The third kappa shape index (κ3) is 2.24. The molecular formula is C16H14F2N2O. The number of fused-ring (bicyclic) bond motifs is 1. The zero-order valence-electron chi connectivity index (χ0n) is 11.5. The van der Waals surface area contributed by atoms with Crippen LogP contribution in [0.3, 0.4) is 0 Å². The Hall–Kier alpha value is -2.43. The van der Waals surface area contributed by atoms with Crippen LogP contribution in [-0.2, 0) is 13.1 Å². The van der Waals surface area contributed by atoms with Gasteiger partial charge in [0, 0.05) is 12.1 Å². The molecule has 3 aromatic rings. The molecule has 0 spiro atoms. The first-order valence-corrected chi connectivity index (χ1v) is 6.74. The van der Waals surface area contributed by atoms with Gasteiger partial charge < -0.3 is 0 Å². The minimum absolute atomic E-state index is 0.00986. The fourth-order valence-corrected chi connectivity index (χ4v) is 2.57. The molecule has 0 atom stereocenters. The van der Waals surface area contributed by atoms with Crippen LogP contribution in [0.2, 0.25) is 0 Å². The molecule has 5 heteroatoms. The van der Waals surface area contributed by atoms with Gasteiger partial charge in [0.05, 0.1) is 17.6 Å². The van der Waals surface area contributed by atoms with E-state index >= 15 is 0 Å². The maximum atomic E-state index is 13.8. The van der Waals surface area contributed by atoms with E-state index < -0.39 is 11.6 Å². The van der Waals surface area contributed by atoms with Gasteiger partial charge in [-0.1, -0.05) is 12.1 Å². The lowest BCUT2D eigenvalue weighted by molar-refractivity contribution is 0.573. The highest BCUT2D eigenvalue weighted by molar-refractivity contribution is 5.76. The molecule has 0 aliphatic heterocycles. The van der Waals surface area contributed by atoms with Crippen LogP contribution in [-0.4, -0.2) is 9.13 Å². The lowest BCUT2D eigenvalue weighted by Crippen LogP contribution is -2.24. The second-order valence-electron chi connectivity index (χ2n) is 4.84. The molecule has 3 nitrogen and oxygen atoms in total. The van der Waals surface area contributed by atoms with E-state index in [0.29, 0.717) is 12.1 Å². The zero-order chi connectivity index (χ0) is 15.0. The average Bonchev–Trinajstić information content (AvgIpc) is 2.75. The summed E-state index contributed by atoms with van der Waals surface area (Å²) in [6.45, 7) is 2.41. The summed E-state index contributed by atoms with van der Waals surface area (Å²) in [6, 6.07) is 10.6. The predicted octanol–water partition coefficient (Wildman–Crippen LogP) is 3.15.